The minimum atomic E-state index is -0.192. The lowest BCUT2D eigenvalue weighted by atomic mass is 10.0. The molecular formula is C15H13N3O2. The molecule has 0 aliphatic heterocycles. The van der Waals surface area contributed by atoms with Crippen molar-refractivity contribution in [2.24, 2.45) is 0 Å². The number of hydrogen-bond donors (Lipinski definition) is 1. The average molecular weight is 267 g/mol. The van der Waals surface area contributed by atoms with Crippen molar-refractivity contribution in [1.82, 2.24) is 15.0 Å². The van der Waals surface area contributed by atoms with Crippen LogP contribution in [-0.2, 0) is 11.3 Å². The fraction of sp³-hybridized carbons (Fsp3) is 0.133. The number of methoxy groups -OCH3 is 1. The first-order valence-electron chi connectivity index (χ1n) is 6.20. The molecule has 0 atom stereocenters. The highest BCUT2D eigenvalue weighted by Gasteiger charge is 2.07. The summed E-state index contributed by atoms with van der Waals surface area (Å²) in [6.07, 6.45) is 3.53. The van der Waals surface area contributed by atoms with Gasteiger partial charge in [-0.15, -0.1) is 0 Å². The fourth-order valence-electron chi connectivity index (χ4n) is 2.19. The number of ether oxygens (including phenoxy) is 1. The van der Waals surface area contributed by atoms with Crippen LogP contribution in [-0.4, -0.2) is 22.1 Å². The van der Waals surface area contributed by atoms with E-state index >= 15 is 0 Å². The van der Waals surface area contributed by atoms with Crippen molar-refractivity contribution in [3.05, 3.63) is 58.9 Å². The first kappa shape index (κ1) is 12.5. The van der Waals surface area contributed by atoms with Crippen molar-refractivity contribution < 1.29 is 4.74 Å². The van der Waals surface area contributed by atoms with Crippen LogP contribution < -0.4 is 5.56 Å². The standard InChI is InChI=1S/C15H13N3O2/c1-20-9-14-17-13(7-15(19)18-14)11-4-2-3-10-5-6-16-8-12(10)11/h2-8H,9H2,1H3,(H,17,18,19). The summed E-state index contributed by atoms with van der Waals surface area (Å²) in [6.45, 7) is 0.270. The molecule has 1 aromatic carbocycles. The van der Waals surface area contributed by atoms with Crippen molar-refractivity contribution in [3.63, 3.8) is 0 Å². The largest absolute Gasteiger partial charge is 0.377 e. The number of nitrogens with zero attached hydrogens (tertiary/aromatic N) is 2. The van der Waals surface area contributed by atoms with Crippen LogP contribution >= 0.6 is 0 Å². The number of pyridine rings is 1. The number of nitrogens with one attached hydrogen (secondary N) is 1. The number of benzene rings is 1. The highest BCUT2D eigenvalue weighted by atomic mass is 16.5. The van der Waals surface area contributed by atoms with Crippen LogP contribution in [0.5, 0.6) is 0 Å². The number of aromatic amines is 1. The van der Waals surface area contributed by atoms with E-state index in [0.29, 0.717) is 11.5 Å². The Bertz CT molecular complexity index is 806. The van der Waals surface area contributed by atoms with Gasteiger partial charge in [-0.2, -0.15) is 0 Å². The van der Waals surface area contributed by atoms with E-state index in [0.717, 1.165) is 16.3 Å². The minimum Gasteiger partial charge on any atom is -0.377 e. The maximum Gasteiger partial charge on any atom is 0.251 e. The van der Waals surface area contributed by atoms with E-state index in [1.807, 2.05) is 24.3 Å². The van der Waals surface area contributed by atoms with E-state index in [-0.39, 0.29) is 12.2 Å². The zero-order valence-electron chi connectivity index (χ0n) is 11.0. The topological polar surface area (TPSA) is 67.9 Å². The Kier molecular flexibility index (Phi) is 3.26. The summed E-state index contributed by atoms with van der Waals surface area (Å²) in [5.74, 6) is 0.510. The summed E-state index contributed by atoms with van der Waals surface area (Å²) < 4.78 is 5.02. The van der Waals surface area contributed by atoms with Crippen molar-refractivity contribution in [3.8, 4) is 11.3 Å². The number of fused-ring (bicyclic) bond motifs is 1. The third-order valence-corrected chi connectivity index (χ3v) is 3.03. The Hall–Kier alpha value is -2.53. The van der Waals surface area contributed by atoms with Gasteiger partial charge in [-0.1, -0.05) is 18.2 Å². The zero-order valence-corrected chi connectivity index (χ0v) is 11.0. The summed E-state index contributed by atoms with van der Waals surface area (Å²) in [4.78, 5) is 23.0. The summed E-state index contributed by atoms with van der Waals surface area (Å²) in [5.41, 5.74) is 1.32. The van der Waals surface area contributed by atoms with Gasteiger partial charge in [-0.25, -0.2) is 4.98 Å². The molecule has 0 aliphatic rings. The van der Waals surface area contributed by atoms with E-state index in [2.05, 4.69) is 15.0 Å². The van der Waals surface area contributed by atoms with Crippen LogP contribution in [0.25, 0.3) is 22.0 Å². The van der Waals surface area contributed by atoms with E-state index in [9.17, 15) is 4.79 Å². The molecule has 2 aromatic heterocycles. The molecule has 100 valence electrons. The molecule has 0 aliphatic carbocycles. The van der Waals surface area contributed by atoms with Crippen molar-refractivity contribution in [2.75, 3.05) is 7.11 Å². The Morgan fingerprint density at radius 1 is 1.30 bits per heavy atom. The van der Waals surface area contributed by atoms with Gasteiger partial charge in [-0.3, -0.25) is 9.78 Å². The number of hydrogen-bond acceptors (Lipinski definition) is 4. The molecule has 3 rings (SSSR count). The molecule has 5 heteroatoms. The zero-order chi connectivity index (χ0) is 13.9. The molecule has 0 amide bonds. The second-order valence-electron chi connectivity index (χ2n) is 4.41. The van der Waals surface area contributed by atoms with Crippen LogP contribution in [0.4, 0.5) is 0 Å². The number of rotatable bonds is 3. The van der Waals surface area contributed by atoms with Gasteiger partial charge in [0.15, 0.2) is 0 Å². The summed E-state index contributed by atoms with van der Waals surface area (Å²) >= 11 is 0. The van der Waals surface area contributed by atoms with Crippen molar-refractivity contribution in [1.29, 1.82) is 0 Å². The molecule has 0 radical (unpaired) electrons. The van der Waals surface area contributed by atoms with Gasteiger partial charge >= 0.3 is 0 Å². The fourth-order valence-corrected chi connectivity index (χ4v) is 2.19. The molecule has 0 saturated heterocycles. The molecule has 0 saturated carbocycles. The lowest BCUT2D eigenvalue weighted by molar-refractivity contribution is 0.177. The summed E-state index contributed by atoms with van der Waals surface area (Å²) in [6, 6.07) is 9.30. The highest BCUT2D eigenvalue weighted by molar-refractivity contribution is 5.95. The van der Waals surface area contributed by atoms with Crippen LogP contribution in [0.2, 0.25) is 0 Å². The lowest BCUT2D eigenvalue weighted by Crippen LogP contribution is -2.11. The Morgan fingerprint density at radius 3 is 3.05 bits per heavy atom. The van der Waals surface area contributed by atoms with E-state index in [1.54, 1.807) is 19.5 Å². The van der Waals surface area contributed by atoms with Crippen molar-refractivity contribution in [2.45, 2.75) is 6.61 Å². The number of aromatic nitrogens is 3. The first-order valence-corrected chi connectivity index (χ1v) is 6.20. The predicted octanol–water partition coefficient (Wildman–Crippen LogP) is 2.13. The maximum atomic E-state index is 11.7. The maximum absolute atomic E-state index is 11.7. The molecule has 1 N–H and O–H groups in total. The Morgan fingerprint density at radius 2 is 2.20 bits per heavy atom. The van der Waals surface area contributed by atoms with Gasteiger partial charge in [0.25, 0.3) is 5.56 Å². The van der Waals surface area contributed by atoms with Gasteiger partial charge < -0.3 is 9.72 Å². The van der Waals surface area contributed by atoms with Crippen LogP contribution in [0.15, 0.2) is 47.5 Å². The van der Waals surface area contributed by atoms with Gasteiger partial charge in [0.2, 0.25) is 0 Å². The molecule has 3 aromatic rings. The van der Waals surface area contributed by atoms with Gasteiger partial charge in [0, 0.05) is 36.5 Å². The predicted molar refractivity (Wildman–Crippen MR) is 76.3 cm³/mol. The molecule has 5 nitrogen and oxygen atoms in total. The van der Waals surface area contributed by atoms with E-state index in [1.165, 1.54) is 6.07 Å². The van der Waals surface area contributed by atoms with E-state index < -0.39 is 0 Å². The second kappa shape index (κ2) is 5.22. The quantitative estimate of drug-likeness (QED) is 0.789. The normalized spacial score (nSPS) is 10.8. The average Bonchev–Trinajstić information content (AvgIpc) is 2.46. The highest BCUT2D eigenvalue weighted by Crippen LogP contribution is 2.25. The summed E-state index contributed by atoms with van der Waals surface area (Å²) in [5, 5.41) is 2.03. The monoisotopic (exact) mass is 267 g/mol. The molecular weight excluding hydrogens is 254 g/mol. The van der Waals surface area contributed by atoms with Crippen LogP contribution in [0.1, 0.15) is 5.82 Å². The number of H-pyrrole nitrogens is 1. The van der Waals surface area contributed by atoms with Crippen LogP contribution in [0, 0.1) is 0 Å². The molecule has 0 bridgehead atoms. The minimum absolute atomic E-state index is 0.192. The smallest absolute Gasteiger partial charge is 0.251 e. The molecule has 20 heavy (non-hydrogen) atoms. The molecule has 2 heterocycles. The SMILES string of the molecule is COCc1nc(-c2cccc3ccncc23)cc(=O)[nH]1. The van der Waals surface area contributed by atoms with Crippen LogP contribution in [0.3, 0.4) is 0 Å². The Balaban J connectivity index is 2.23. The third-order valence-electron chi connectivity index (χ3n) is 3.03. The van der Waals surface area contributed by atoms with Crippen molar-refractivity contribution >= 4 is 10.8 Å². The van der Waals surface area contributed by atoms with Gasteiger partial charge in [-0.05, 0) is 11.5 Å². The molecule has 0 fully saturated rings. The van der Waals surface area contributed by atoms with Gasteiger partial charge in [0.1, 0.15) is 12.4 Å². The Labute approximate surface area is 115 Å². The summed E-state index contributed by atoms with van der Waals surface area (Å²) in [7, 11) is 1.56. The lowest BCUT2D eigenvalue weighted by Gasteiger charge is -2.07. The van der Waals surface area contributed by atoms with Gasteiger partial charge in [0.05, 0.1) is 5.69 Å². The van der Waals surface area contributed by atoms with E-state index in [4.69, 9.17) is 4.74 Å². The third kappa shape index (κ3) is 2.31. The molecule has 0 unspecified atom stereocenters. The second-order valence-corrected chi connectivity index (χ2v) is 4.41. The molecule has 0 spiro atoms. The first-order chi connectivity index (χ1) is 9.78.